The highest BCUT2D eigenvalue weighted by atomic mass is 16.1. The number of hydrogen-bond donors (Lipinski definition) is 1. The van der Waals surface area contributed by atoms with Crippen molar-refractivity contribution in [3.63, 3.8) is 0 Å². The molecule has 3 rings (SSSR count). The first-order chi connectivity index (χ1) is 15.3. The molecular formula is C26H35N5O. The number of carbonyl (C=O) groups is 1. The first kappa shape index (κ1) is 23.7. The lowest BCUT2D eigenvalue weighted by molar-refractivity contribution is -0.118. The summed E-state index contributed by atoms with van der Waals surface area (Å²) < 4.78 is 2.25. The molecule has 0 aliphatic carbocycles. The molecule has 1 aliphatic heterocycles. The molecule has 2 atom stereocenters. The predicted molar refractivity (Wildman–Crippen MR) is 128 cm³/mol. The second-order valence-electron chi connectivity index (χ2n) is 9.40. The fourth-order valence-electron chi connectivity index (χ4n) is 4.48. The van der Waals surface area contributed by atoms with Crippen molar-refractivity contribution >= 4 is 12.0 Å². The molecule has 2 unspecified atom stereocenters. The summed E-state index contributed by atoms with van der Waals surface area (Å²) >= 11 is 0. The number of likely N-dealkylation sites (tertiary alicyclic amines) is 1. The molecule has 2 aromatic rings. The number of carbonyl (C=O) groups excluding carboxylic acids is 1. The van der Waals surface area contributed by atoms with Crippen LogP contribution in [0.15, 0.2) is 36.0 Å². The molecule has 0 saturated carbocycles. The Morgan fingerprint density at radius 2 is 2.16 bits per heavy atom. The largest absolute Gasteiger partial charge is 0.348 e. The molecule has 1 aliphatic rings. The standard InChI is InChI=1S/C26H35N5O/c1-18(2)15-31-20(4)12-22(21(31)5)13-23(14-27)26(32)29-25-9-11-30(16-19(25)3)17-24-8-6-7-10-28-24/h6-8,10,12-13,18-19,25H,9,11,15-17H2,1-5H3,(H,29,32)/b23-13-. The van der Waals surface area contributed by atoms with Crippen molar-refractivity contribution in [2.45, 2.75) is 60.2 Å². The summed E-state index contributed by atoms with van der Waals surface area (Å²) in [5.74, 6) is 0.545. The number of aryl methyl sites for hydroxylation is 1. The van der Waals surface area contributed by atoms with E-state index in [4.69, 9.17) is 0 Å². The van der Waals surface area contributed by atoms with E-state index in [1.165, 1.54) is 0 Å². The van der Waals surface area contributed by atoms with E-state index in [0.29, 0.717) is 11.8 Å². The van der Waals surface area contributed by atoms with Crippen LogP contribution in [0.2, 0.25) is 0 Å². The molecule has 1 N–H and O–H groups in total. The predicted octanol–water partition coefficient (Wildman–Crippen LogP) is 4.09. The highest BCUT2D eigenvalue weighted by molar-refractivity contribution is 6.02. The summed E-state index contributed by atoms with van der Waals surface area (Å²) in [6.45, 7) is 14.2. The summed E-state index contributed by atoms with van der Waals surface area (Å²) in [5.41, 5.74) is 4.40. The maximum absolute atomic E-state index is 12.9. The van der Waals surface area contributed by atoms with Crippen LogP contribution in [0.25, 0.3) is 6.08 Å². The van der Waals surface area contributed by atoms with E-state index >= 15 is 0 Å². The number of nitrogens with one attached hydrogen (secondary N) is 1. The minimum absolute atomic E-state index is 0.0626. The zero-order valence-corrected chi connectivity index (χ0v) is 19.9. The molecule has 0 radical (unpaired) electrons. The number of rotatable bonds is 7. The van der Waals surface area contributed by atoms with Crippen LogP contribution in [-0.4, -0.2) is 39.5 Å². The van der Waals surface area contributed by atoms with E-state index in [-0.39, 0.29) is 17.5 Å². The third-order valence-corrected chi connectivity index (χ3v) is 6.24. The van der Waals surface area contributed by atoms with Gasteiger partial charge in [0.25, 0.3) is 5.91 Å². The normalized spacial score (nSPS) is 19.7. The lowest BCUT2D eigenvalue weighted by Gasteiger charge is -2.37. The van der Waals surface area contributed by atoms with Gasteiger partial charge < -0.3 is 9.88 Å². The topological polar surface area (TPSA) is 74.0 Å². The van der Waals surface area contributed by atoms with Crippen molar-refractivity contribution in [2.24, 2.45) is 11.8 Å². The number of pyridine rings is 1. The summed E-state index contributed by atoms with van der Waals surface area (Å²) in [7, 11) is 0. The molecule has 6 heteroatoms. The molecule has 1 amide bonds. The number of nitriles is 1. The summed E-state index contributed by atoms with van der Waals surface area (Å²) in [6, 6.07) is 10.2. The minimum Gasteiger partial charge on any atom is -0.348 e. The number of piperidine rings is 1. The number of hydrogen-bond acceptors (Lipinski definition) is 4. The zero-order valence-electron chi connectivity index (χ0n) is 19.9. The van der Waals surface area contributed by atoms with Gasteiger partial charge in [-0.1, -0.05) is 26.8 Å². The van der Waals surface area contributed by atoms with Gasteiger partial charge in [0.15, 0.2) is 0 Å². The van der Waals surface area contributed by atoms with E-state index < -0.39 is 0 Å². The first-order valence-electron chi connectivity index (χ1n) is 11.5. The number of nitrogens with zero attached hydrogens (tertiary/aromatic N) is 4. The van der Waals surface area contributed by atoms with Crippen LogP contribution < -0.4 is 5.32 Å². The van der Waals surface area contributed by atoms with Crippen LogP contribution in [0.5, 0.6) is 0 Å². The third kappa shape index (κ3) is 5.86. The Labute approximate surface area is 191 Å². The number of aromatic nitrogens is 2. The molecule has 6 nitrogen and oxygen atoms in total. The Balaban J connectivity index is 1.64. The van der Waals surface area contributed by atoms with Gasteiger partial charge in [-0.2, -0.15) is 5.26 Å². The maximum atomic E-state index is 12.9. The van der Waals surface area contributed by atoms with Crippen LogP contribution in [0.3, 0.4) is 0 Å². The van der Waals surface area contributed by atoms with Gasteiger partial charge in [0, 0.05) is 49.8 Å². The van der Waals surface area contributed by atoms with Crippen LogP contribution >= 0.6 is 0 Å². The van der Waals surface area contributed by atoms with Gasteiger partial charge in [-0.3, -0.25) is 14.7 Å². The molecule has 32 heavy (non-hydrogen) atoms. The third-order valence-electron chi connectivity index (χ3n) is 6.24. The lowest BCUT2D eigenvalue weighted by Crippen LogP contribution is -2.50. The van der Waals surface area contributed by atoms with Crippen LogP contribution in [0.4, 0.5) is 0 Å². The molecule has 0 aromatic carbocycles. The number of amides is 1. The Morgan fingerprint density at radius 1 is 1.38 bits per heavy atom. The van der Waals surface area contributed by atoms with Crippen LogP contribution in [0, 0.1) is 37.0 Å². The van der Waals surface area contributed by atoms with Gasteiger partial charge in [-0.05, 0) is 61.9 Å². The van der Waals surface area contributed by atoms with E-state index in [0.717, 1.165) is 55.2 Å². The highest BCUT2D eigenvalue weighted by Crippen LogP contribution is 2.21. The lowest BCUT2D eigenvalue weighted by atomic mass is 9.93. The monoisotopic (exact) mass is 433 g/mol. The molecule has 0 bridgehead atoms. The molecule has 3 heterocycles. The molecule has 170 valence electrons. The summed E-state index contributed by atoms with van der Waals surface area (Å²) in [5, 5.41) is 12.8. The Bertz CT molecular complexity index is 999. The maximum Gasteiger partial charge on any atom is 0.262 e. The van der Waals surface area contributed by atoms with Crippen molar-refractivity contribution in [3.8, 4) is 6.07 Å². The second kappa shape index (κ2) is 10.6. The van der Waals surface area contributed by atoms with Crippen molar-refractivity contribution in [2.75, 3.05) is 13.1 Å². The van der Waals surface area contributed by atoms with Crippen molar-refractivity contribution in [3.05, 3.63) is 58.7 Å². The molecule has 0 spiro atoms. The summed E-state index contributed by atoms with van der Waals surface area (Å²) in [6.07, 6.45) is 4.42. The molecule has 2 aromatic heterocycles. The van der Waals surface area contributed by atoms with Gasteiger partial charge in [0.2, 0.25) is 0 Å². The average Bonchev–Trinajstić information content (AvgIpc) is 3.01. The smallest absolute Gasteiger partial charge is 0.262 e. The van der Waals surface area contributed by atoms with E-state index in [1.54, 1.807) is 6.08 Å². The SMILES string of the molecule is Cc1cc(/C=C(/C#N)C(=O)NC2CCN(Cc3ccccn3)CC2C)c(C)n1CC(C)C. The van der Waals surface area contributed by atoms with Crippen LogP contribution in [0.1, 0.15) is 49.8 Å². The second-order valence-corrected chi connectivity index (χ2v) is 9.40. The van der Waals surface area contributed by atoms with Crippen molar-refractivity contribution < 1.29 is 4.79 Å². The Morgan fingerprint density at radius 3 is 2.78 bits per heavy atom. The minimum atomic E-state index is -0.281. The molecule has 1 saturated heterocycles. The van der Waals surface area contributed by atoms with Gasteiger partial charge >= 0.3 is 0 Å². The van der Waals surface area contributed by atoms with Crippen molar-refractivity contribution in [1.29, 1.82) is 5.26 Å². The van der Waals surface area contributed by atoms with Gasteiger partial charge in [-0.25, -0.2) is 0 Å². The molecular weight excluding hydrogens is 398 g/mol. The quantitative estimate of drug-likeness (QED) is 0.527. The average molecular weight is 434 g/mol. The van der Waals surface area contributed by atoms with Gasteiger partial charge in [0.1, 0.15) is 11.6 Å². The summed E-state index contributed by atoms with van der Waals surface area (Å²) in [4.78, 5) is 19.7. The van der Waals surface area contributed by atoms with Crippen LogP contribution in [-0.2, 0) is 17.9 Å². The Hall–Kier alpha value is -2.91. The van der Waals surface area contributed by atoms with E-state index in [2.05, 4.69) is 59.6 Å². The first-order valence-corrected chi connectivity index (χ1v) is 11.5. The van der Waals surface area contributed by atoms with Gasteiger partial charge in [0.05, 0.1) is 5.69 Å². The van der Waals surface area contributed by atoms with Crippen molar-refractivity contribution in [1.82, 2.24) is 19.8 Å². The highest BCUT2D eigenvalue weighted by Gasteiger charge is 2.28. The zero-order chi connectivity index (χ0) is 23.3. The van der Waals surface area contributed by atoms with E-state index in [1.807, 2.05) is 31.3 Å². The fraction of sp³-hybridized carbons (Fsp3) is 0.500. The Kier molecular flexibility index (Phi) is 7.87. The molecule has 1 fully saturated rings. The van der Waals surface area contributed by atoms with E-state index in [9.17, 15) is 10.1 Å². The fourth-order valence-corrected chi connectivity index (χ4v) is 4.48. The van der Waals surface area contributed by atoms with Gasteiger partial charge in [-0.15, -0.1) is 0 Å².